The van der Waals surface area contributed by atoms with Crippen LogP contribution < -0.4 is 0 Å². The molecule has 3 aromatic rings. The molecular weight excluding hydrogens is 308 g/mol. The Morgan fingerprint density at radius 3 is 2.68 bits per heavy atom. The molecule has 0 amide bonds. The van der Waals surface area contributed by atoms with Crippen molar-refractivity contribution in [3.8, 4) is 0 Å². The maximum atomic E-state index is 4.33. The van der Waals surface area contributed by atoms with Crippen LogP contribution in [-0.2, 0) is 32.4 Å². The molecule has 25 heavy (non-hydrogen) atoms. The van der Waals surface area contributed by atoms with Crippen LogP contribution in [0.3, 0.4) is 0 Å². The Balaban J connectivity index is 1.73. The van der Waals surface area contributed by atoms with Crippen LogP contribution in [0.15, 0.2) is 30.6 Å². The van der Waals surface area contributed by atoms with Crippen LogP contribution in [0.1, 0.15) is 35.1 Å². The highest BCUT2D eigenvalue weighted by Gasteiger charge is 2.22. The Morgan fingerprint density at radius 1 is 1.12 bits per heavy atom. The monoisotopic (exact) mass is 334 g/mol. The van der Waals surface area contributed by atoms with Crippen LogP contribution in [0.5, 0.6) is 0 Å². The van der Waals surface area contributed by atoms with Gasteiger partial charge in [0.15, 0.2) is 0 Å². The van der Waals surface area contributed by atoms with Gasteiger partial charge < -0.3 is 9.47 Å². The van der Waals surface area contributed by atoms with Crippen LogP contribution in [-0.4, -0.2) is 33.0 Å². The highest BCUT2D eigenvalue weighted by atomic mass is 15.1. The summed E-state index contributed by atoms with van der Waals surface area (Å²) in [7, 11) is 2.22. The van der Waals surface area contributed by atoms with Crippen molar-refractivity contribution in [2.24, 2.45) is 0 Å². The lowest BCUT2D eigenvalue weighted by Gasteiger charge is -2.24. The van der Waals surface area contributed by atoms with Gasteiger partial charge in [0, 0.05) is 55.0 Å². The molecule has 0 unspecified atom stereocenters. The molecule has 0 radical (unpaired) electrons. The van der Waals surface area contributed by atoms with Gasteiger partial charge in [-0.2, -0.15) is 0 Å². The first kappa shape index (κ1) is 16.3. The molecule has 0 atom stereocenters. The van der Waals surface area contributed by atoms with Gasteiger partial charge in [-0.3, -0.25) is 0 Å². The van der Waals surface area contributed by atoms with Gasteiger partial charge in [0.2, 0.25) is 0 Å². The van der Waals surface area contributed by atoms with Gasteiger partial charge in [-0.15, -0.1) is 0 Å². The van der Waals surface area contributed by atoms with Gasteiger partial charge in [-0.25, -0.2) is 9.97 Å². The van der Waals surface area contributed by atoms with Crippen molar-refractivity contribution in [3.63, 3.8) is 0 Å². The van der Waals surface area contributed by atoms with Crippen molar-refractivity contribution in [1.82, 2.24) is 19.4 Å². The number of likely N-dealkylation sites (N-methyl/N-ethyl adjacent to an activating group) is 1. The van der Waals surface area contributed by atoms with Crippen LogP contribution in [0.25, 0.3) is 10.9 Å². The number of rotatable bonds is 4. The number of benzene rings is 1. The molecule has 0 bridgehead atoms. The summed E-state index contributed by atoms with van der Waals surface area (Å²) in [5, 5.41) is 1.45. The van der Waals surface area contributed by atoms with Crippen LogP contribution in [0.2, 0.25) is 0 Å². The summed E-state index contributed by atoms with van der Waals surface area (Å²) in [6.45, 7) is 7.35. The number of aromatic nitrogens is 3. The molecule has 0 aliphatic carbocycles. The van der Waals surface area contributed by atoms with E-state index in [1.165, 1.54) is 33.3 Å². The van der Waals surface area contributed by atoms with Crippen molar-refractivity contribution in [3.05, 3.63) is 58.8 Å². The number of fused-ring (bicyclic) bond motifs is 3. The lowest BCUT2D eigenvalue weighted by atomic mass is 10.0. The molecule has 1 aliphatic heterocycles. The lowest BCUT2D eigenvalue weighted by Crippen LogP contribution is -2.27. The molecule has 0 saturated carbocycles. The van der Waals surface area contributed by atoms with E-state index >= 15 is 0 Å². The van der Waals surface area contributed by atoms with E-state index in [-0.39, 0.29) is 0 Å². The molecule has 0 fully saturated rings. The fraction of sp³-hybridized carbons (Fsp3) is 0.429. The number of hydrogen-bond donors (Lipinski definition) is 0. The Morgan fingerprint density at radius 2 is 1.92 bits per heavy atom. The first-order chi connectivity index (χ1) is 12.2. The fourth-order valence-electron chi connectivity index (χ4n) is 3.90. The van der Waals surface area contributed by atoms with E-state index < -0.39 is 0 Å². The summed E-state index contributed by atoms with van der Waals surface area (Å²) in [6.07, 6.45) is 7.12. The summed E-state index contributed by atoms with van der Waals surface area (Å²) >= 11 is 0. The van der Waals surface area contributed by atoms with E-state index in [0.29, 0.717) is 0 Å². The second kappa shape index (κ2) is 6.60. The zero-order chi connectivity index (χ0) is 17.4. The second-order valence-electron chi connectivity index (χ2n) is 7.16. The lowest BCUT2D eigenvalue weighted by molar-refractivity contribution is 0.309. The van der Waals surface area contributed by atoms with Crippen molar-refractivity contribution < 1.29 is 0 Å². The third-order valence-corrected chi connectivity index (χ3v) is 5.38. The second-order valence-corrected chi connectivity index (χ2v) is 7.16. The Bertz CT molecular complexity index is 892. The zero-order valence-electron chi connectivity index (χ0n) is 15.4. The van der Waals surface area contributed by atoms with E-state index in [1.54, 1.807) is 0 Å². The maximum Gasteiger partial charge on any atom is 0.125 e. The zero-order valence-corrected chi connectivity index (χ0v) is 15.4. The number of hydrogen-bond acceptors (Lipinski definition) is 3. The minimum absolute atomic E-state index is 0.836. The van der Waals surface area contributed by atoms with E-state index in [4.69, 9.17) is 0 Å². The van der Waals surface area contributed by atoms with Crippen LogP contribution >= 0.6 is 0 Å². The average Bonchev–Trinajstić information content (AvgIpc) is 2.93. The summed E-state index contributed by atoms with van der Waals surface area (Å²) in [5.41, 5.74) is 7.06. The largest absolute Gasteiger partial charge is 0.344 e. The highest BCUT2D eigenvalue weighted by Crippen LogP contribution is 2.31. The molecule has 4 rings (SSSR count). The van der Waals surface area contributed by atoms with E-state index in [0.717, 1.165) is 44.7 Å². The van der Waals surface area contributed by atoms with Crippen LogP contribution in [0, 0.1) is 6.92 Å². The third kappa shape index (κ3) is 3.07. The normalized spacial score (nSPS) is 14.8. The van der Waals surface area contributed by atoms with Crippen molar-refractivity contribution in [2.45, 2.75) is 46.2 Å². The molecule has 4 nitrogen and oxygen atoms in total. The summed E-state index contributed by atoms with van der Waals surface area (Å²) in [6, 6.07) is 7.00. The SMILES string of the molecule is CCc1ccc2c(c1)c1c(n2CCc2cnc(C)nc2)CCN(C)C1. The highest BCUT2D eigenvalue weighted by molar-refractivity contribution is 5.86. The van der Waals surface area contributed by atoms with Crippen LogP contribution in [0.4, 0.5) is 0 Å². The molecule has 2 aromatic heterocycles. The molecule has 0 spiro atoms. The smallest absolute Gasteiger partial charge is 0.125 e. The third-order valence-electron chi connectivity index (χ3n) is 5.38. The summed E-state index contributed by atoms with van der Waals surface area (Å²) < 4.78 is 2.54. The minimum atomic E-state index is 0.836. The molecule has 1 aromatic carbocycles. The van der Waals surface area contributed by atoms with E-state index in [9.17, 15) is 0 Å². The minimum Gasteiger partial charge on any atom is -0.344 e. The predicted molar refractivity (Wildman–Crippen MR) is 102 cm³/mol. The predicted octanol–water partition coefficient (Wildman–Crippen LogP) is 3.53. The number of aryl methyl sites for hydroxylation is 4. The first-order valence-electron chi connectivity index (χ1n) is 9.24. The summed E-state index contributed by atoms with van der Waals surface area (Å²) in [5.74, 6) is 0.836. The maximum absolute atomic E-state index is 4.33. The van der Waals surface area contributed by atoms with E-state index in [1.807, 2.05) is 19.3 Å². The molecule has 0 saturated heterocycles. The van der Waals surface area contributed by atoms with Gasteiger partial charge in [0.25, 0.3) is 0 Å². The number of nitrogens with zero attached hydrogens (tertiary/aromatic N) is 4. The van der Waals surface area contributed by atoms with Crippen molar-refractivity contribution >= 4 is 10.9 Å². The Kier molecular flexibility index (Phi) is 4.30. The summed E-state index contributed by atoms with van der Waals surface area (Å²) in [4.78, 5) is 11.1. The standard InChI is InChI=1S/C21H26N4/c1-4-16-5-6-20-18(11-16)19-14-24(3)9-8-21(19)25(20)10-7-17-12-22-15(2)23-13-17/h5-6,11-13H,4,7-10,14H2,1-3H3. The molecule has 3 heterocycles. The molecule has 0 N–H and O–H groups in total. The molecule has 1 aliphatic rings. The Hall–Kier alpha value is -2.20. The van der Waals surface area contributed by atoms with Gasteiger partial charge in [-0.05, 0) is 55.6 Å². The van der Waals surface area contributed by atoms with Crippen molar-refractivity contribution in [2.75, 3.05) is 13.6 Å². The van der Waals surface area contributed by atoms with Crippen molar-refractivity contribution in [1.29, 1.82) is 0 Å². The molecule has 4 heteroatoms. The van der Waals surface area contributed by atoms with Gasteiger partial charge >= 0.3 is 0 Å². The van der Waals surface area contributed by atoms with Gasteiger partial charge in [0.05, 0.1) is 0 Å². The average molecular weight is 334 g/mol. The van der Waals surface area contributed by atoms with Gasteiger partial charge in [-0.1, -0.05) is 13.0 Å². The quantitative estimate of drug-likeness (QED) is 0.732. The first-order valence-corrected chi connectivity index (χ1v) is 9.24. The Labute approximate surface area is 149 Å². The fourth-order valence-corrected chi connectivity index (χ4v) is 3.90. The molecular formula is C21H26N4. The van der Waals surface area contributed by atoms with Gasteiger partial charge in [0.1, 0.15) is 5.82 Å². The van der Waals surface area contributed by atoms with E-state index in [2.05, 4.69) is 51.6 Å². The molecule has 130 valence electrons. The topological polar surface area (TPSA) is 34.0 Å².